The highest BCUT2D eigenvalue weighted by Gasteiger charge is 2.19. The summed E-state index contributed by atoms with van der Waals surface area (Å²) in [5.41, 5.74) is 6.59. The third-order valence-corrected chi connectivity index (χ3v) is 7.06. The summed E-state index contributed by atoms with van der Waals surface area (Å²) >= 11 is 1.51. The van der Waals surface area contributed by atoms with Gasteiger partial charge in [0.05, 0.1) is 12.3 Å². The second kappa shape index (κ2) is 12.6. The molecule has 0 radical (unpaired) electrons. The molecular weight excluding hydrogens is 470 g/mol. The van der Waals surface area contributed by atoms with Crippen LogP contribution in [0.25, 0.3) is 22.5 Å². The van der Waals surface area contributed by atoms with E-state index in [0.717, 1.165) is 39.3 Å². The molecule has 0 unspecified atom stereocenters. The van der Waals surface area contributed by atoms with E-state index in [1.54, 1.807) is 0 Å². The Bertz CT molecular complexity index is 1250. The Hall–Kier alpha value is -3.35. The second-order valence-electron chi connectivity index (χ2n) is 8.61. The Balaban J connectivity index is 1.40. The molecule has 0 aliphatic carbocycles. The van der Waals surface area contributed by atoms with Crippen LogP contribution < -0.4 is 0 Å². The molecule has 5 nitrogen and oxygen atoms in total. The fourth-order valence-corrected chi connectivity index (χ4v) is 4.88. The maximum absolute atomic E-state index is 11.6. The van der Waals surface area contributed by atoms with Crippen molar-refractivity contribution in [3.8, 4) is 22.5 Å². The Morgan fingerprint density at radius 2 is 1.58 bits per heavy atom. The SMILES string of the molecule is CCOC(=O)CCc1ccc(-c2ccc(-c3onc(C)c3C[C@@H](O)SCc3ccccc3)cc2)cc1. The van der Waals surface area contributed by atoms with Gasteiger partial charge in [-0.3, -0.25) is 4.79 Å². The quantitative estimate of drug-likeness (QED) is 0.184. The van der Waals surface area contributed by atoms with Gasteiger partial charge in [-0.2, -0.15) is 0 Å². The Labute approximate surface area is 216 Å². The van der Waals surface area contributed by atoms with Gasteiger partial charge in [-0.05, 0) is 42.5 Å². The van der Waals surface area contributed by atoms with E-state index in [-0.39, 0.29) is 5.97 Å². The van der Waals surface area contributed by atoms with Crippen LogP contribution >= 0.6 is 11.8 Å². The normalized spacial score (nSPS) is 11.9. The van der Waals surface area contributed by atoms with Gasteiger partial charge in [0.25, 0.3) is 0 Å². The molecule has 0 aliphatic heterocycles. The number of carbonyl (C=O) groups excluding carboxylic acids is 1. The third-order valence-electron chi connectivity index (χ3n) is 6.01. The number of nitrogens with zero attached hydrogens (tertiary/aromatic N) is 1. The Morgan fingerprint density at radius 3 is 2.25 bits per heavy atom. The summed E-state index contributed by atoms with van der Waals surface area (Å²) in [4.78, 5) is 11.6. The van der Waals surface area contributed by atoms with Gasteiger partial charge in [-0.25, -0.2) is 0 Å². The number of carbonyl (C=O) groups is 1. The number of thioether (sulfide) groups is 1. The smallest absolute Gasteiger partial charge is 0.306 e. The molecule has 1 aromatic heterocycles. The van der Waals surface area contributed by atoms with Gasteiger partial charge in [0.15, 0.2) is 5.76 Å². The third kappa shape index (κ3) is 6.86. The lowest BCUT2D eigenvalue weighted by Crippen LogP contribution is -2.07. The summed E-state index contributed by atoms with van der Waals surface area (Å²) in [6.07, 6.45) is 1.53. The summed E-state index contributed by atoms with van der Waals surface area (Å²) in [6.45, 7) is 4.14. The second-order valence-corrected chi connectivity index (χ2v) is 9.78. The monoisotopic (exact) mass is 501 g/mol. The molecule has 0 fully saturated rings. The van der Waals surface area contributed by atoms with Gasteiger partial charge in [0.2, 0.25) is 0 Å². The number of hydrogen-bond acceptors (Lipinski definition) is 6. The zero-order valence-corrected chi connectivity index (χ0v) is 21.5. The number of aliphatic hydroxyl groups excluding tert-OH is 1. The minimum atomic E-state index is -0.552. The number of benzene rings is 3. The van der Waals surface area contributed by atoms with E-state index in [0.29, 0.717) is 31.6 Å². The fourth-order valence-electron chi connectivity index (χ4n) is 4.01. The number of esters is 1. The highest BCUT2D eigenvalue weighted by Crippen LogP contribution is 2.31. The Morgan fingerprint density at radius 1 is 0.944 bits per heavy atom. The lowest BCUT2D eigenvalue weighted by atomic mass is 9.99. The van der Waals surface area contributed by atoms with Crippen LogP contribution in [-0.4, -0.2) is 28.3 Å². The Kier molecular flexibility index (Phi) is 8.98. The van der Waals surface area contributed by atoms with Crippen molar-refractivity contribution in [2.24, 2.45) is 0 Å². The minimum Gasteiger partial charge on any atom is -0.466 e. The van der Waals surface area contributed by atoms with Crippen LogP contribution in [0.15, 0.2) is 83.4 Å². The highest BCUT2D eigenvalue weighted by atomic mass is 32.2. The first kappa shape index (κ1) is 25.7. The maximum atomic E-state index is 11.6. The topological polar surface area (TPSA) is 72.6 Å². The summed E-state index contributed by atoms with van der Waals surface area (Å²) in [5, 5.41) is 14.8. The van der Waals surface area contributed by atoms with Gasteiger partial charge in [-0.1, -0.05) is 84.0 Å². The van der Waals surface area contributed by atoms with Crippen molar-refractivity contribution in [3.63, 3.8) is 0 Å². The van der Waals surface area contributed by atoms with Gasteiger partial charge < -0.3 is 14.4 Å². The average Bonchev–Trinajstić information content (AvgIpc) is 3.27. The first-order valence-corrected chi connectivity index (χ1v) is 13.2. The summed E-state index contributed by atoms with van der Waals surface area (Å²) < 4.78 is 10.7. The molecule has 4 rings (SSSR count). The van der Waals surface area contributed by atoms with Crippen molar-refractivity contribution < 1.29 is 19.2 Å². The molecule has 0 saturated heterocycles. The largest absolute Gasteiger partial charge is 0.466 e. The molecule has 36 heavy (non-hydrogen) atoms. The molecule has 0 bridgehead atoms. The summed E-state index contributed by atoms with van der Waals surface area (Å²) in [6, 6.07) is 26.5. The van der Waals surface area contributed by atoms with E-state index in [9.17, 15) is 9.90 Å². The molecule has 3 aromatic carbocycles. The predicted molar refractivity (Wildman–Crippen MR) is 145 cm³/mol. The fraction of sp³-hybridized carbons (Fsp3) is 0.267. The van der Waals surface area contributed by atoms with Gasteiger partial charge in [-0.15, -0.1) is 11.8 Å². The van der Waals surface area contributed by atoms with Crippen LogP contribution in [0.2, 0.25) is 0 Å². The molecule has 0 saturated carbocycles. The molecule has 1 atom stereocenters. The molecule has 4 aromatic rings. The van der Waals surface area contributed by atoms with E-state index in [1.807, 2.05) is 44.2 Å². The van der Waals surface area contributed by atoms with E-state index < -0.39 is 5.44 Å². The van der Waals surface area contributed by atoms with Gasteiger partial charge in [0.1, 0.15) is 5.44 Å². The van der Waals surface area contributed by atoms with Crippen molar-refractivity contribution in [3.05, 3.63) is 101 Å². The van der Waals surface area contributed by atoms with Crippen LogP contribution in [0, 0.1) is 6.92 Å². The molecule has 0 spiro atoms. The molecule has 1 heterocycles. The number of rotatable bonds is 11. The van der Waals surface area contributed by atoms with E-state index in [1.165, 1.54) is 17.3 Å². The highest BCUT2D eigenvalue weighted by molar-refractivity contribution is 7.98. The van der Waals surface area contributed by atoms with Crippen molar-refractivity contribution in [1.29, 1.82) is 0 Å². The first-order chi connectivity index (χ1) is 17.5. The molecule has 0 amide bonds. The number of aryl methyl sites for hydroxylation is 2. The van der Waals surface area contributed by atoms with Crippen molar-refractivity contribution in [2.45, 2.75) is 44.3 Å². The zero-order valence-electron chi connectivity index (χ0n) is 20.6. The minimum absolute atomic E-state index is 0.165. The number of ether oxygens (including phenoxy) is 1. The lowest BCUT2D eigenvalue weighted by Gasteiger charge is -2.11. The summed E-state index contributed by atoms with van der Waals surface area (Å²) in [7, 11) is 0. The maximum Gasteiger partial charge on any atom is 0.306 e. The van der Waals surface area contributed by atoms with Gasteiger partial charge >= 0.3 is 5.97 Å². The predicted octanol–water partition coefficient (Wildman–Crippen LogP) is 6.61. The molecule has 0 aliphatic rings. The van der Waals surface area contributed by atoms with Gasteiger partial charge in [0, 0.05) is 29.7 Å². The molecular formula is C30H31NO4S. The number of aromatic nitrogens is 1. The van der Waals surface area contributed by atoms with Crippen LogP contribution in [0.4, 0.5) is 0 Å². The van der Waals surface area contributed by atoms with Crippen LogP contribution in [0.5, 0.6) is 0 Å². The van der Waals surface area contributed by atoms with Crippen LogP contribution in [0.1, 0.15) is 35.7 Å². The van der Waals surface area contributed by atoms with E-state index >= 15 is 0 Å². The van der Waals surface area contributed by atoms with Crippen LogP contribution in [0.3, 0.4) is 0 Å². The van der Waals surface area contributed by atoms with E-state index in [2.05, 4.69) is 53.7 Å². The van der Waals surface area contributed by atoms with E-state index in [4.69, 9.17) is 9.26 Å². The summed E-state index contributed by atoms with van der Waals surface area (Å²) in [5.74, 6) is 1.28. The standard InChI is InChI=1S/C30H31NO4S/c1-3-34-28(32)18-11-22-9-12-24(13-10-22)25-14-16-26(17-15-25)30-27(21(2)31-35-30)19-29(33)36-20-23-7-5-4-6-8-23/h4-10,12-17,29,33H,3,11,18-20H2,1-2H3/t29-/m0/s1. The molecule has 186 valence electrons. The number of hydrogen-bond donors (Lipinski definition) is 1. The average molecular weight is 502 g/mol. The lowest BCUT2D eigenvalue weighted by molar-refractivity contribution is -0.143. The van der Waals surface area contributed by atoms with Crippen LogP contribution in [-0.2, 0) is 28.1 Å². The zero-order chi connectivity index (χ0) is 25.3. The van der Waals surface area contributed by atoms with Crippen molar-refractivity contribution >= 4 is 17.7 Å². The van der Waals surface area contributed by atoms with Crippen molar-refractivity contribution in [2.75, 3.05) is 6.61 Å². The molecule has 6 heteroatoms. The molecule has 1 N–H and O–H groups in total. The number of aliphatic hydroxyl groups is 1. The first-order valence-electron chi connectivity index (χ1n) is 12.2. The van der Waals surface area contributed by atoms with Crippen molar-refractivity contribution in [1.82, 2.24) is 5.16 Å².